The summed E-state index contributed by atoms with van der Waals surface area (Å²) in [5.41, 5.74) is 7.01. The molecule has 0 saturated heterocycles. The van der Waals surface area contributed by atoms with Gasteiger partial charge in [-0.2, -0.15) is 0 Å². The molecule has 3 nitrogen and oxygen atoms in total. The second-order valence-corrected chi connectivity index (χ2v) is 5.34. The number of benzene rings is 1. The third kappa shape index (κ3) is 6.13. The number of halogens is 2. The summed E-state index contributed by atoms with van der Waals surface area (Å²) in [5.74, 6) is 0. The number of nitrogens with one attached hydrogen (secondary N) is 1. The first-order valence-corrected chi connectivity index (χ1v) is 7.46. The lowest BCUT2D eigenvalue weighted by molar-refractivity contribution is 0.126. The summed E-state index contributed by atoms with van der Waals surface area (Å²) >= 11 is 0. The second kappa shape index (κ2) is 11.3. The highest BCUT2D eigenvalue weighted by atomic mass is 35.5. The molecule has 0 atom stereocenters. The average Bonchev–Trinajstić information content (AvgIpc) is 2.49. The van der Waals surface area contributed by atoms with E-state index in [2.05, 4.69) is 35.6 Å². The van der Waals surface area contributed by atoms with Crippen LogP contribution >= 0.6 is 24.8 Å². The predicted molar refractivity (Wildman–Crippen MR) is 93.6 cm³/mol. The Balaban J connectivity index is 0.00000200. The minimum atomic E-state index is 0. The number of hydrogen-bond donors (Lipinski definition) is 2. The first kappa shape index (κ1) is 20.7. The van der Waals surface area contributed by atoms with Gasteiger partial charge in [-0.25, -0.2) is 0 Å². The molecule has 0 heterocycles. The molecule has 1 fully saturated rings. The van der Waals surface area contributed by atoms with Gasteiger partial charge in [0.1, 0.15) is 0 Å². The van der Waals surface area contributed by atoms with Crippen LogP contribution in [-0.4, -0.2) is 26.3 Å². The van der Waals surface area contributed by atoms with Crippen molar-refractivity contribution < 1.29 is 4.74 Å². The normalized spacial score (nSPS) is 16.6. The molecule has 1 saturated carbocycles. The third-order valence-corrected chi connectivity index (χ3v) is 4.01. The van der Waals surface area contributed by atoms with Crippen molar-refractivity contribution in [3.8, 4) is 0 Å². The van der Waals surface area contributed by atoms with Crippen molar-refractivity contribution in [1.29, 1.82) is 0 Å². The minimum Gasteiger partial charge on any atom is -0.379 e. The zero-order valence-corrected chi connectivity index (χ0v) is 14.2. The van der Waals surface area contributed by atoms with Gasteiger partial charge in [-0.15, -0.1) is 24.8 Å². The molecule has 0 amide bonds. The van der Waals surface area contributed by atoms with E-state index in [4.69, 9.17) is 10.5 Å². The van der Waals surface area contributed by atoms with E-state index >= 15 is 0 Å². The van der Waals surface area contributed by atoms with Crippen LogP contribution in [-0.2, 0) is 10.3 Å². The van der Waals surface area contributed by atoms with Gasteiger partial charge in [0.2, 0.25) is 0 Å². The van der Waals surface area contributed by atoms with Gasteiger partial charge in [-0.05, 0) is 18.4 Å². The lowest BCUT2D eigenvalue weighted by Crippen LogP contribution is -2.45. The Bertz CT molecular complexity index is 357. The van der Waals surface area contributed by atoms with Crippen LogP contribution in [0.25, 0.3) is 0 Å². The molecule has 2 rings (SSSR count). The van der Waals surface area contributed by atoms with E-state index in [0.29, 0.717) is 13.2 Å². The molecule has 1 aliphatic carbocycles. The van der Waals surface area contributed by atoms with Crippen molar-refractivity contribution in [1.82, 2.24) is 5.32 Å². The lowest BCUT2D eigenvalue weighted by atomic mass is 9.76. The molecule has 5 heteroatoms. The summed E-state index contributed by atoms with van der Waals surface area (Å²) in [7, 11) is 0. The van der Waals surface area contributed by atoms with Crippen LogP contribution in [0.1, 0.15) is 37.7 Å². The van der Waals surface area contributed by atoms with Gasteiger partial charge >= 0.3 is 0 Å². The Morgan fingerprint density at radius 3 is 2.29 bits per heavy atom. The summed E-state index contributed by atoms with van der Waals surface area (Å²) in [6.45, 7) is 2.89. The molecule has 0 spiro atoms. The van der Waals surface area contributed by atoms with Gasteiger partial charge < -0.3 is 15.8 Å². The highest BCUT2D eigenvalue weighted by molar-refractivity contribution is 5.85. The van der Waals surface area contributed by atoms with E-state index in [1.54, 1.807) is 0 Å². The Morgan fingerprint density at radius 1 is 1.00 bits per heavy atom. The van der Waals surface area contributed by atoms with Crippen LogP contribution in [0.4, 0.5) is 0 Å². The van der Waals surface area contributed by atoms with E-state index in [-0.39, 0.29) is 30.4 Å². The van der Waals surface area contributed by atoms with Gasteiger partial charge in [-0.3, -0.25) is 0 Å². The predicted octanol–water partition coefficient (Wildman–Crippen LogP) is 3.25. The molecular formula is C16H28Cl2N2O. The quantitative estimate of drug-likeness (QED) is 0.752. The number of ether oxygens (including phenoxy) is 1. The van der Waals surface area contributed by atoms with E-state index in [1.165, 1.54) is 37.7 Å². The highest BCUT2D eigenvalue weighted by Crippen LogP contribution is 2.36. The summed E-state index contributed by atoms with van der Waals surface area (Å²) in [4.78, 5) is 0. The fourth-order valence-electron chi connectivity index (χ4n) is 3.03. The first-order valence-electron chi connectivity index (χ1n) is 7.46. The number of hydrogen-bond acceptors (Lipinski definition) is 3. The van der Waals surface area contributed by atoms with Crippen LogP contribution in [0.15, 0.2) is 30.3 Å². The average molecular weight is 335 g/mol. The fraction of sp³-hybridized carbons (Fsp3) is 0.625. The molecule has 1 aliphatic rings. The van der Waals surface area contributed by atoms with Crippen molar-refractivity contribution in [2.75, 3.05) is 26.3 Å². The molecule has 0 aromatic heterocycles. The molecular weight excluding hydrogens is 307 g/mol. The first-order chi connectivity index (χ1) is 9.37. The van der Waals surface area contributed by atoms with Crippen molar-refractivity contribution in [3.05, 3.63) is 35.9 Å². The van der Waals surface area contributed by atoms with Crippen LogP contribution in [0.5, 0.6) is 0 Å². The molecule has 0 radical (unpaired) electrons. The van der Waals surface area contributed by atoms with Crippen molar-refractivity contribution in [3.63, 3.8) is 0 Å². The summed E-state index contributed by atoms with van der Waals surface area (Å²) in [6.07, 6.45) is 6.44. The van der Waals surface area contributed by atoms with Gasteiger partial charge in [0, 0.05) is 18.6 Å². The van der Waals surface area contributed by atoms with Crippen LogP contribution in [0, 0.1) is 0 Å². The van der Waals surface area contributed by atoms with Gasteiger partial charge in [-0.1, -0.05) is 49.6 Å². The van der Waals surface area contributed by atoms with Crippen molar-refractivity contribution in [2.24, 2.45) is 5.73 Å². The fourth-order valence-corrected chi connectivity index (χ4v) is 3.03. The molecule has 0 aliphatic heterocycles. The van der Waals surface area contributed by atoms with Gasteiger partial charge in [0.25, 0.3) is 0 Å². The lowest BCUT2D eigenvalue weighted by Gasteiger charge is -2.39. The molecule has 1 aromatic carbocycles. The number of nitrogens with two attached hydrogens (primary N) is 1. The zero-order chi connectivity index (χ0) is 13.4. The Labute approximate surface area is 140 Å². The minimum absolute atomic E-state index is 0. The van der Waals surface area contributed by atoms with Gasteiger partial charge in [0.05, 0.1) is 13.2 Å². The topological polar surface area (TPSA) is 47.3 Å². The monoisotopic (exact) mass is 334 g/mol. The highest BCUT2D eigenvalue weighted by Gasteiger charge is 2.32. The van der Waals surface area contributed by atoms with Crippen LogP contribution in [0.3, 0.4) is 0 Å². The van der Waals surface area contributed by atoms with Crippen LogP contribution in [0.2, 0.25) is 0 Å². The molecule has 21 heavy (non-hydrogen) atoms. The maximum absolute atomic E-state index is 5.47. The summed E-state index contributed by atoms with van der Waals surface area (Å²) in [5, 5.41) is 3.74. The Kier molecular flexibility index (Phi) is 11.1. The second-order valence-electron chi connectivity index (χ2n) is 5.34. The van der Waals surface area contributed by atoms with E-state index in [9.17, 15) is 0 Å². The Hall–Kier alpha value is -0.320. The smallest absolute Gasteiger partial charge is 0.0591 e. The van der Waals surface area contributed by atoms with E-state index < -0.39 is 0 Å². The van der Waals surface area contributed by atoms with Gasteiger partial charge in [0.15, 0.2) is 0 Å². The SMILES string of the molecule is Cl.Cl.NCCOCCNC1(c2ccccc2)CCCCC1. The molecule has 122 valence electrons. The summed E-state index contributed by atoms with van der Waals surface area (Å²) < 4.78 is 5.47. The van der Waals surface area contributed by atoms with E-state index in [0.717, 1.165) is 13.2 Å². The maximum Gasteiger partial charge on any atom is 0.0591 e. The molecule has 0 unspecified atom stereocenters. The largest absolute Gasteiger partial charge is 0.379 e. The maximum atomic E-state index is 5.47. The number of rotatable bonds is 7. The molecule has 0 bridgehead atoms. The van der Waals surface area contributed by atoms with E-state index in [1.807, 2.05) is 0 Å². The van der Waals surface area contributed by atoms with Crippen molar-refractivity contribution in [2.45, 2.75) is 37.6 Å². The molecule has 1 aromatic rings. The van der Waals surface area contributed by atoms with Crippen LogP contribution < -0.4 is 11.1 Å². The zero-order valence-electron chi connectivity index (χ0n) is 12.6. The standard InChI is InChI=1S/C16H26N2O.2ClH/c17-11-13-19-14-12-18-16(9-5-2-6-10-16)15-7-3-1-4-8-15;;/h1,3-4,7-8,18H,2,5-6,9-14,17H2;2*1H. The summed E-state index contributed by atoms with van der Waals surface area (Å²) in [6, 6.07) is 10.9. The van der Waals surface area contributed by atoms with Crippen molar-refractivity contribution >= 4 is 24.8 Å². The Morgan fingerprint density at radius 2 is 1.67 bits per heavy atom. The molecule has 3 N–H and O–H groups in total. The third-order valence-electron chi connectivity index (χ3n) is 4.01.